The molecule has 0 saturated carbocycles. The predicted octanol–water partition coefficient (Wildman–Crippen LogP) is -1.16. The number of β-amino-alcohol motifs (C(OH)–C–C–N with tert-alkyl or cyclic N) is 1. The first kappa shape index (κ1) is 12.4. The van der Waals surface area contributed by atoms with E-state index in [1.165, 1.54) is 0 Å². The van der Waals surface area contributed by atoms with Gasteiger partial charge in [-0.3, -0.25) is 4.79 Å². The van der Waals surface area contributed by atoms with E-state index in [0.717, 1.165) is 0 Å². The van der Waals surface area contributed by atoms with Gasteiger partial charge in [-0.05, 0) is 0 Å². The number of aliphatic hydroxyl groups excluding tert-OH is 2. The molecule has 4 N–H and O–H groups in total. The van der Waals surface area contributed by atoms with Gasteiger partial charge < -0.3 is 20.8 Å². The molecule has 1 amide bonds. The Morgan fingerprint density at radius 3 is 2.47 bits per heavy atom. The number of carbonyl (C=O) groups excluding carboxylic acids is 1. The Bertz CT molecular complexity index is 237. The first-order valence-corrected chi connectivity index (χ1v) is 5.20. The van der Waals surface area contributed by atoms with Gasteiger partial charge in [-0.1, -0.05) is 20.8 Å². The van der Waals surface area contributed by atoms with Gasteiger partial charge in [0.1, 0.15) is 0 Å². The van der Waals surface area contributed by atoms with Crippen molar-refractivity contribution in [2.75, 3.05) is 13.1 Å². The van der Waals surface area contributed by atoms with E-state index >= 15 is 0 Å². The summed E-state index contributed by atoms with van der Waals surface area (Å²) >= 11 is 0. The molecule has 1 rings (SSSR count). The molecule has 3 atom stereocenters. The summed E-state index contributed by atoms with van der Waals surface area (Å²) < 4.78 is 0. The van der Waals surface area contributed by atoms with Crippen LogP contribution >= 0.6 is 0 Å². The zero-order valence-electron chi connectivity index (χ0n) is 9.45. The van der Waals surface area contributed by atoms with Crippen molar-refractivity contribution in [3.8, 4) is 0 Å². The minimum Gasteiger partial charge on any atom is -0.389 e. The van der Waals surface area contributed by atoms with Crippen LogP contribution < -0.4 is 10.6 Å². The molecule has 1 heterocycles. The molecule has 1 saturated heterocycles. The second-order valence-electron chi connectivity index (χ2n) is 5.03. The minimum absolute atomic E-state index is 0.0575. The zero-order valence-corrected chi connectivity index (χ0v) is 9.45. The largest absolute Gasteiger partial charge is 0.389 e. The maximum absolute atomic E-state index is 11.5. The lowest BCUT2D eigenvalue weighted by Gasteiger charge is -2.21. The van der Waals surface area contributed by atoms with Crippen molar-refractivity contribution in [3.05, 3.63) is 0 Å². The van der Waals surface area contributed by atoms with E-state index in [4.69, 9.17) is 0 Å². The van der Waals surface area contributed by atoms with E-state index in [-0.39, 0.29) is 11.9 Å². The number of rotatable bonds is 2. The minimum atomic E-state index is -0.801. The van der Waals surface area contributed by atoms with Gasteiger partial charge in [0.15, 0.2) is 0 Å². The highest BCUT2D eigenvalue weighted by molar-refractivity contribution is 5.81. The molecular weight excluding hydrogens is 196 g/mol. The summed E-state index contributed by atoms with van der Waals surface area (Å²) in [4.78, 5) is 11.5. The van der Waals surface area contributed by atoms with Crippen molar-refractivity contribution >= 4 is 5.91 Å². The van der Waals surface area contributed by atoms with E-state index in [2.05, 4.69) is 10.6 Å². The second kappa shape index (κ2) is 4.47. The molecule has 0 aromatic carbocycles. The molecular formula is C10H20N2O3. The molecule has 0 radical (unpaired) electrons. The molecule has 1 aliphatic heterocycles. The number of carbonyl (C=O) groups is 1. The highest BCUT2D eigenvalue weighted by Gasteiger charge is 2.33. The lowest BCUT2D eigenvalue weighted by Crippen LogP contribution is -2.46. The van der Waals surface area contributed by atoms with E-state index in [0.29, 0.717) is 13.1 Å². The van der Waals surface area contributed by atoms with Crippen LogP contribution in [0.1, 0.15) is 20.8 Å². The van der Waals surface area contributed by atoms with Crippen molar-refractivity contribution in [1.82, 2.24) is 10.6 Å². The molecule has 88 valence electrons. The van der Waals surface area contributed by atoms with Crippen LogP contribution in [0.3, 0.4) is 0 Å². The van der Waals surface area contributed by atoms with Crippen LogP contribution in [-0.2, 0) is 4.79 Å². The molecule has 0 aromatic heterocycles. The number of nitrogens with one attached hydrogen (secondary N) is 2. The molecule has 0 aliphatic carbocycles. The third kappa shape index (κ3) is 3.15. The fraction of sp³-hybridized carbons (Fsp3) is 0.900. The number of hydrogen-bond acceptors (Lipinski definition) is 4. The van der Waals surface area contributed by atoms with Crippen LogP contribution in [0, 0.1) is 5.41 Å². The summed E-state index contributed by atoms with van der Waals surface area (Å²) in [6.07, 6.45) is -1.54. The fourth-order valence-corrected chi connectivity index (χ4v) is 1.44. The first-order valence-electron chi connectivity index (χ1n) is 5.20. The van der Waals surface area contributed by atoms with Gasteiger partial charge in [0.2, 0.25) is 5.91 Å². The summed E-state index contributed by atoms with van der Waals surface area (Å²) in [6.45, 7) is 6.20. The van der Waals surface area contributed by atoms with Crippen molar-refractivity contribution < 1.29 is 15.0 Å². The average Bonchev–Trinajstić information content (AvgIpc) is 2.43. The Morgan fingerprint density at radius 2 is 2.07 bits per heavy atom. The summed E-state index contributed by atoms with van der Waals surface area (Å²) in [6, 6.07) is -0.258. The molecule has 0 spiro atoms. The van der Waals surface area contributed by atoms with E-state index < -0.39 is 17.6 Å². The average molecular weight is 216 g/mol. The van der Waals surface area contributed by atoms with Crippen molar-refractivity contribution in [3.63, 3.8) is 0 Å². The van der Waals surface area contributed by atoms with Crippen molar-refractivity contribution in [2.24, 2.45) is 5.41 Å². The first-order chi connectivity index (χ1) is 6.82. The smallest absolute Gasteiger partial charge is 0.225 e. The van der Waals surface area contributed by atoms with Crippen molar-refractivity contribution in [1.29, 1.82) is 0 Å². The highest BCUT2D eigenvalue weighted by Crippen LogP contribution is 2.13. The quantitative estimate of drug-likeness (QED) is 0.469. The van der Waals surface area contributed by atoms with Gasteiger partial charge in [-0.2, -0.15) is 0 Å². The Balaban J connectivity index is 2.35. The van der Waals surface area contributed by atoms with Gasteiger partial charge >= 0.3 is 0 Å². The van der Waals surface area contributed by atoms with E-state index in [1.807, 2.05) is 20.8 Å². The third-order valence-corrected chi connectivity index (χ3v) is 2.56. The molecule has 15 heavy (non-hydrogen) atoms. The fourth-order valence-electron chi connectivity index (χ4n) is 1.44. The zero-order chi connectivity index (χ0) is 11.6. The molecule has 0 aromatic rings. The van der Waals surface area contributed by atoms with Gasteiger partial charge in [-0.15, -0.1) is 0 Å². The molecule has 0 bridgehead atoms. The Labute approximate surface area is 89.9 Å². The molecule has 1 aliphatic rings. The summed E-state index contributed by atoms with van der Waals surface area (Å²) in [7, 11) is 0. The van der Waals surface area contributed by atoms with Crippen LogP contribution in [0.4, 0.5) is 0 Å². The third-order valence-electron chi connectivity index (χ3n) is 2.56. The monoisotopic (exact) mass is 216 g/mol. The second-order valence-corrected chi connectivity index (χ2v) is 5.03. The van der Waals surface area contributed by atoms with Gasteiger partial charge in [0.05, 0.1) is 18.2 Å². The topological polar surface area (TPSA) is 81.6 Å². The van der Waals surface area contributed by atoms with Gasteiger partial charge in [-0.25, -0.2) is 0 Å². The molecule has 1 fully saturated rings. The Hall–Kier alpha value is -0.650. The van der Waals surface area contributed by atoms with E-state index in [1.54, 1.807) is 0 Å². The molecule has 5 heteroatoms. The summed E-state index contributed by atoms with van der Waals surface area (Å²) in [5.41, 5.74) is -0.428. The van der Waals surface area contributed by atoms with Crippen LogP contribution in [0.5, 0.6) is 0 Å². The maximum Gasteiger partial charge on any atom is 0.225 e. The molecule has 0 unspecified atom stereocenters. The van der Waals surface area contributed by atoms with Crippen LogP contribution in [0.15, 0.2) is 0 Å². The predicted molar refractivity (Wildman–Crippen MR) is 56.3 cm³/mol. The van der Waals surface area contributed by atoms with E-state index in [9.17, 15) is 15.0 Å². The van der Waals surface area contributed by atoms with Gasteiger partial charge in [0.25, 0.3) is 0 Å². The SMILES string of the molecule is CC(C)(C)C(=O)NC[C@H]1NC[C@H](O)[C@H]1O. The normalized spacial score (nSPS) is 31.7. The lowest BCUT2D eigenvalue weighted by atomic mass is 9.95. The number of aliphatic hydroxyl groups is 2. The maximum atomic E-state index is 11.5. The van der Waals surface area contributed by atoms with Crippen LogP contribution in [0.2, 0.25) is 0 Å². The van der Waals surface area contributed by atoms with Crippen LogP contribution in [-0.4, -0.2) is 47.5 Å². The summed E-state index contributed by atoms with van der Waals surface area (Å²) in [5.74, 6) is -0.0575. The summed E-state index contributed by atoms with van der Waals surface area (Å²) in [5, 5.41) is 24.5. The molecule has 5 nitrogen and oxygen atoms in total. The lowest BCUT2D eigenvalue weighted by molar-refractivity contribution is -0.128. The number of amides is 1. The number of hydrogen-bond donors (Lipinski definition) is 4. The van der Waals surface area contributed by atoms with Crippen molar-refractivity contribution in [2.45, 2.75) is 39.0 Å². The Kier molecular flexibility index (Phi) is 3.70. The van der Waals surface area contributed by atoms with Gasteiger partial charge in [0, 0.05) is 18.5 Å². The highest BCUT2D eigenvalue weighted by atomic mass is 16.3. The van der Waals surface area contributed by atoms with Crippen LogP contribution in [0.25, 0.3) is 0 Å². The Morgan fingerprint density at radius 1 is 1.47 bits per heavy atom. The standard InChI is InChI=1S/C10H20N2O3/c1-10(2,3)9(15)12-4-6-8(14)7(13)5-11-6/h6-8,11,13-14H,4-5H2,1-3H3,(H,12,15)/t6-,7+,8+/m1/s1.